The van der Waals surface area contributed by atoms with Crippen LogP contribution in [-0.2, 0) is 0 Å². The van der Waals surface area contributed by atoms with Crippen molar-refractivity contribution in [3.8, 4) is 0 Å². The number of nitrogens with zero attached hydrogens (tertiary/aromatic N) is 2. The molecule has 0 bridgehead atoms. The summed E-state index contributed by atoms with van der Waals surface area (Å²) >= 11 is 9.54. The fourth-order valence-corrected chi connectivity index (χ4v) is 2.19. The van der Waals surface area contributed by atoms with Gasteiger partial charge in [0.2, 0.25) is 0 Å². The average molecular weight is 306 g/mol. The highest BCUT2D eigenvalue weighted by atomic mass is 79.9. The number of hydrogen-bond donors (Lipinski definition) is 0. The smallest absolute Gasteiger partial charge is 0.147 e. The molecule has 0 radical (unpaired) electrons. The van der Waals surface area contributed by atoms with E-state index in [1.54, 1.807) is 6.20 Å². The number of aromatic nitrogens is 1. The Hall–Kier alpha value is -0.280. The van der Waals surface area contributed by atoms with Gasteiger partial charge in [-0.3, -0.25) is 0 Å². The van der Waals surface area contributed by atoms with E-state index in [-0.39, 0.29) is 5.41 Å². The van der Waals surface area contributed by atoms with Gasteiger partial charge in [-0.1, -0.05) is 32.4 Å². The summed E-state index contributed by atoms with van der Waals surface area (Å²) in [6.45, 7) is 8.81. The van der Waals surface area contributed by atoms with Crippen molar-refractivity contribution in [2.24, 2.45) is 5.41 Å². The van der Waals surface area contributed by atoms with E-state index in [1.807, 2.05) is 13.1 Å². The molecule has 1 aromatic heterocycles. The number of pyridine rings is 1. The first-order valence-corrected chi connectivity index (χ1v) is 6.44. The highest BCUT2D eigenvalue weighted by Gasteiger charge is 2.25. The standard InChI is InChI=1S/C12H18BrClN2/c1-8(12(2,3)4)16(5)11-10(14)6-9(13)7-15-11/h6-8H,1-5H3. The molecule has 0 aliphatic carbocycles. The van der Waals surface area contributed by atoms with E-state index in [0.29, 0.717) is 11.1 Å². The molecule has 0 aliphatic heterocycles. The monoisotopic (exact) mass is 304 g/mol. The molecule has 0 N–H and O–H groups in total. The quantitative estimate of drug-likeness (QED) is 0.806. The second-order valence-electron chi connectivity index (χ2n) is 5.11. The van der Waals surface area contributed by atoms with Gasteiger partial charge in [0.1, 0.15) is 5.82 Å². The minimum atomic E-state index is 0.187. The molecule has 1 rings (SSSR count). The van der Waals surface area contributed by atoms with E-state index in [2.05, 4.69) is 53.5 Å². The fraction of sp³-hybridized carbons (Fsp3) is 0.583. The van der Waals surface area contributed by atoms with Crippen LogP contribution in [0.3, 0.4) is 0 Å². The van der Waals surface area contributed by atoms with E-state index >= 15 is 0 Å². The third-order valence-electron chi connectivity index (χ3n) is 2.96. The van der Waals surface area contributed by atoms with Crippen LogP contribution in [-0.4, -0.2) is 18.1 Å². The maximum absolute atomic E-state index is 6.18. The van der Waals surface area contributed by atoms with Gasteiger partial charge in [0, 0.05) is 23.8 Å². The van der Waals surface area contributed by atoms with Crippen LogP contribution in [0.15, 0.2) is 16.7 Å². The maximum Gasteiger partial charge on any atom is 0.147 e. The summed E-state index contributed by atoms with van der Waals surface area (Å²) in [6, 6.07) is 2.23. The predicted octanol–water partition coefficient (Wildman–Crippen LogP) is 4.37. The van der Waals surface area contributed by atoms with Crippen LogP contribution < -0.4 is 4.90 Å². The molecule has 1 unspecified atom stereocenters. The second-order valence-corrected chi connectivity index (χ2v) is 6.43. The predicted molar refractivity (Wildman–Crippen MR) is 74.3 cm³/mol. The van der Waals surface area contributed by atoms with Crippen LogP contribution in [0.2, 0.25) is 5.02 Å². The Morgan fingerprint density at radius 1 is 1.44 bits per heavy atom. The third kappa shape index (κ3) is 3.11. The van der Waals surface area contributed by atoms with Crippen molar-refractivity contribution in [3.05, 3.63) is 21.8 Å². The Bertz CT molecular complexity index is 374. The lowest BCUT2D eigenvalue weighted by atomic mass is 9.87. The summed E-state index contributed by atoms with van der Waals surface area (Å²) in [7, 11) is 2.03. The summed E-state index contributed by atoms with van der Waals surface area (Å²) in [5.74, 6) is 0.826. The first-order valence-electron chi connectivity index (χ1n) is 5.27. The van der Waals surface area contributed by atoms with Crippen LogP contribution in [0.1, 0.15) is 27.7 Å². The molecule has 1 heterocycles. The lowest BCUT2D eigenvalue weighted by molar-refractivity contribution is 0.328. The Balaban J connectivity index is 3.01. The molecule has 1 aromatic rings. The molecule has 90 valence electrons. The molecule has 0 aromatic carbocycles. The van der Waals surface area contributed by atoms with E-state index in [4.69, 9.17) is 11.6 Å². The third-order valence-corrected chi connectivity index (χ3v) is 3.67. The molecule has 2 nitrogen and oxygen atoms in total. The van der Waals surface area contributed by atoms with E-state index in [9.17, 15) is 0 Å². The highest BCUT2D eigenvalue weighted by Crippen LogP contribution is 2.31. The minimum Gasteiger partial charge on any atom is -0.355 e. The Morgan fingerprint density at radius 3 is 2.44 bits per heavy atom. The topological polar surface area (TPSA) is 16.1 Å². The van der Waals surface area contributed by atoms with Gasteiger partial charge in [-0.05, 0) is 34.3 Å². The van der Waals surface area contributed by atoms with Crippen molar-refractivity contribution < 1.29 is 0 Å². The zero-order valence-electron chi connectivity index (χ0n) is 10.4. The van der Waals surface area contributed by atoms with Crippen LogP contribution >= 0.6 is 27.5 Å². The van der Waals surface area contributed by atoms with Crippen molar-refractivity contribution in [2.45, 2.75) is 33.7 Å². The number of anilines is 1. The Labute approximate surface area is 111 Å². The van der Waals surface area contributed by atoms with Crippen molar-refractivity contribution in [1.29, 1.82) is 0 Å². The molecular weight excluding hydrogens is 288 g/mol. The van der Waals surface area contributed by atoms with Crippen LogP contribution in [0, 0.1) is 5.41 Å². The SMILES string of the molecule is CC(N(C)c1ncc(Br)cc1Cl)C(C)(C)C. The van der Waals surface area contributed by atoms with Crippen molar-refractivity contribution in [1.82, 2.24) is 4.98 Å². The van der Waals surface area contributed by atoms with Gasteiger partial charge >= 0.3 is 0 Å². The molecule has 4 heteroatoms. The van der Waals surface area contributed by atoms with E-state index in [0.717, 1.165) is 10.3 Å². The van der Waals surface area contributed by atoms with E-state index < -0.39 is 0 Å². The Morgan fingerprint density at radius 2 is 2.00 bits per heavy atom. The summed E-state index contributed by atoms with van der Waals surface area (Å²) in [5, 5.41) is 0.674. The molecule has 0 amide bonds. The van der Waals surface area contributed by atoms with E-state index in [1.165, 1.54) is 0 Å². The van der Waals surface area contributed by atoms with Gasteiger partial charge in [0.05, 0.1) is 5.02 Å². The highest BCUT2D eigenvalue weighted by molar-refractivity contribution is 9.10. The second kappa shape index (κ2) is 4.92. The zero-order chi connectivity index (χ0) is 12.5. The Kier molecular flexibility index (Phi) is 4.24. The summed E-state index contributed by atoms with van der Waals surface area (Å²) < 4.78 is 0.901. The van der Waals surface area contributed by atoms with Gasteiger partial charge in [0.15, 0.2) is 0 Å². The molecule has 0 saturated carbocycles. The van der Waals surface area contributed by atoms with Crippen molar-refractivity contribution in [3.63, 3.8) is 0 Å². The van der Waals surface area contributed by atoms with Gasteiger partial charge in [-0.25, -0.2) is 4.98 Å². The number of rotatable bonds is 2. The van der Waals surface area contributed by atoms with Crippen LogP contribution in [0.4, 0.5) is 5.82 Å². The normalized spacial score (nSPS) is 13.7. The zero-order valence-corrected chi connectivity index (χ0v) is 12.7. The fourth-order valence-electron chi connectivity index (χ4n) is 1.43. The number of hydrogen-bond acceptors (Lipinski definition) is 2. The summed E-state index contributed by atoms with van der Waals surface area (Å²) in [5.41, 5.74) is 0.187. The lowest BCUT2D eigenvalue weighted by Crippen LogP contribution is -2.39. The molecule has 0 fully saturated rings. The van der Waals surface area contributed by atoms with Gasteiger partial charge in [0.25, 0.3) is 0 Å². The van der Waals surface area contributed by atoms with Crippen LogP contribution in [0.5, 0.6) is 0 Å². The van der Waals surface area contributed by atoms with Crippen LogP contribution in [0.25, 0.3) is 0 Å². The average Bonchev–Trinajstić information content (AvgIpc) is 2.14. The first kappa shape index (κ1) is 13.8. The maximum atomic E-state index is 6.18. The molecule has 16 heavy (non-hydrogen) atoms. The first-order chi connectivity index (χ1) is 7.23. The molecule has 0 saturated heterocycles. The van der Waals surface area contributed by atoms with Crippen molar-refractivity contribution >= 4 is 33.3 Å². The molecule has 0 spiro atoms. The molecular formula is C12H18BrClN2. The van der Waals surface area contributed by atoms with Crippen molar-refractivity contribution in [2.75, 3.05) is 11.9 Å². The summed E-state index contributed by atoms with van der Waals surface area (Å²) in [6.07, 6.45) is 1.77. The van der Waals surface area contributed by atoms with Gasteiger partial charge in [-0.15, -0.1) is 0 Å². The minimum absolute atomic E-state index is 0.187. The van der Waals surface area contributed by atoms with Gasteiger partial charge in [-0.2, -0.15) is 0 Å². The molecule has 1 atom stereocenters. The largest absolute Gasteiger partial charge is 0.355 e. The summed E-state index contributed by atoms with van der Waals surface area (Å²) in [4.78, 5) is 6.48. The van der Waals surface area contributed by atoms with Gasteiger partial charge < -0.3 is 4.90 Å². The molecule has 0 aliphatic rings. The number of halogens is 2. The lowest BCUT2D eigenvalue weighted by Gasteiger charge is -2.36.